The summed E-state index contributed by atoms with van der Waals surface area (Å²) in [7, 11) is 2.17. The van der Waals surface area contributed by atoms with E-state index in [-0.39, 0.29) is 11.9 Å². The van der Waals surface area contributed by atoms with Crippen LogP contribution in [0.2, 0.25) is 0 Å². The first-order valence-electron chi connectivity index (χ1n) is 10.3. The molecule has 0 aliphatic carbocycles. The van der Waals surface area contributed by atoms with E-state index in [4.69, 9.17) is 4.74 Å². The molecular weight excluding hydrogens is 366 g/mol. The predicted octanol–water partition coefficient (Wildman–Crippen LogP) is 3.29. The number of benzene rings is 2. The van der Waals surface area contributed by atoms with Crippen molar-refractivity contribution < 1.29 is 23.9 Å². The first kappa shape index (κ1) is 19.8. The molecule has 5 heteroatoms. The standard InChI is InChI=1S/C24H28NO4/c1-25(16-22(26)17-8-4-2-5-9-17)19-12-13-20(25)15-21(14-19)29-24(28)23(27)18-10-6-3-7-11-18/h2-11,19-21,23,27H,12-16H2,1H3/q+1/t19-,20+,21+,23?,25?. The Morgan fingerprint density at radius 1 is 1.00 bits per heavy atom. The molecular formula is C24H28NO4+. The van der Waals surface area contributed by atoms with Crippen LogP contribution in [-0.2, 0) is 9.53 Å². The zero-order valence-electron chi connectivity index (χ0n) is 16.7. The van der Waals surface area contributed by atoms with Crippen molar-refractivity contribution in [3.8, 4) is 0 Å². The summed E-state index contributed by atoms with van der Waals surface area (Å²) in [4.78, 5) is 25.2. The summed E-state index contributed by atoms with van der Waals surface area (Å²) in [5.74, 6) is -0.419. The molecule has 0 saturated carbocycles. The van der Waals surface area contributed by atoms with E-state index in [0.29, 0.717) is 24.2 Å². The number of ketones is 1. The SMILES string of the molecule is C[N+]1(CC(=O)c2ccccc2)[C@@H]2CC[C@H]1C[C@@H](OC(=O)C(O)c1ccccc1)C2. The van der Waals surface area contributed by atoms with Crippen molar-refractivity contribution in [3.63, 3.8) is 0 Å². The normalized spacial score (nSPS) is 29.2. The van der Waals surface area contributed by atoms with Crippen LogP contribution in [0.4, 0.5) is 0 Å². The van der Waals surface area contributed by atoms with E-state index >= 15 is 0 Å². The van der Waals surface area contributed by atoms with Gasteiger partial charge in [-0.2, -0.15) is 0 Å². The Hall–Kier alpha value is -2.50. The van der Waals surface area contributed by atoms with E-state index in [1.165, 1.54) is 0 Å². The minimum Gasteiger partial charge on any atom is -0.460 e. The summed E-state index contributed by atoms with van der Waals surface area (Å²) in [5.41, 5.74) is 1.30. The number of likely N-dealkylation sites (N-methyl/N-ethyl adjacent to an activating group) is 1. The Kier molecular flexibility index (Phi) is 5.52. The molecule has 2 aliphatic heterocycles. The van der Waals surface area contributed by atoms with Gasteiger partial charge in [0.25, 0.3) is 0 Å². The second kappa shape index (κ2) is 8.09. The molecule has 2 heterocycles. The quantitative estimate of drug-likeness (QED) is 0.464. The molecule has 4 rings (SSSR count). The summed E-state index contributed by atoms with van der Waals surface area (Å²) in [6.45, 7) is 0.479. The highest BCUT2D eigenvalue weighted by Crippen LogP contribution is 2.42. The van der Waals surface area contributed by atoms with Crippen molar-refractivity contribution in [3.05, 3.63) is 71.8 Å². The van der Waals surface area contributed by atoms with Gasteiger partial charge < -0.3 is 14.3 Å². The molecule has 2 saturated heterocycles. The van der Waals surface area contributed by atoms with Gasteiger partial charge >= 0.3 is 5.97 Å². The highest BCUT2D eigenvalue weighted by atomic mass is 16.6. The number of Topliss-reactive ketones (excluding diaryl/α,β-unsaturated/α-hetero) is 1. The van der Waals surface area contributed by atoms with Crippen LogP contribution in [0.5, 0.6) is 0 Å². The summed E-state index contributed by atoms with van der Waals surface area (Å²) in [6.07, 6.45) is 2.11. The Labute approximate surface area is 171 Å². The topological polar surface area (TPSA) is 63.6 Å². The lowest BCUT2D eigenvalue weighted by Gasteiger charge is -2.46. The van der Waals surface area contributed by atoms with Gasteiger partial charge in [0.05, 0.1) is 19.1 Å². The first-order valence-corrected chi connectivity index (χ1v) is 10.3. The van der Waals surface area contributed by atoms with Gasteiger partial charge in [0.2, 0.25) is 5.78 Å². The molecule has 1 N–H and O–H groups in total. The fraction of sp³-hybridized carbons (Fsp3) is 0.417. The van der Waals surface area contributed by atoms with Gasteiger partial charge in [0.1, 0.15) is 12.6 Å². The number of ether oxygens (including phenoxy) is 1. The smallest absolute Gasteiger partial charge is 0.339 e. The van der Waals surface area contributed by atoms with Crippen LogP contribution in [0.3, 0.4) is 0 Å². The summed E-state index contributed by atoms with van der Waals surface area (Å²) >= 11 is 0. The van der Waals surface area contributed by atoms with Crippen molar-refractivity contribution in [2.45, 2.75) is 50.0 Å². The molecule has 0 radical (unpaired) electrons. The number of fused-ring (bicyclic) bond motifs is 2. The average Bonchev–Trinajstić information content (AvgIpc) is 2.91. The molecule has 2 aromatic rings. The van der Waals surface area contributed by atoms with E-state index < -0.39 is 12.1 Å². The second-order valence-electron chi connectivity index (χ2n) is 8.52. The summed E-state index contributed by atoms with van der Waals surface area (Å²) in [6, 6.07) is 18.9. The third-order valence-corrected chi connectivity index (χ3v) is 6.77. The maximum Gasteiger partial charge on any atom is 0.339 e. The first-order chi connectivity index (χ1) is 14.0. The van der Waals surface area contributed by atoms with Crippen molar-refractivity contribution in [2.75, 3.05) is 13.6 Å². The number of aliphatic hydroxyl groups is 1. The van der Waals surface area contributed by atoms with E-state index in [0.717, 1.165) is 35.7 Å². The number of piperidine rings is 1. The molecule has 152 valence electrons. The lowest BCUT2D eigenvalue weighted by atomic mass is 9.95. The van der Waals surface area contributed by atoms with E-state index in [1.807, 2.05) is 36.4 Å². The van der Waals surface area contributed by atoms with Gasteiger partial charge in [0.15, 0.2) is 6.10 Å². The largest absolute Gasteiger partial charge is 0.460 e. The molecule has 5 nitrogen and oxygen atoms in total. The minimum absolute atomic E-state index is 0.167. The molecule has 0 spiro atoms. The molecule has 2 aromatic carbocycles. The third-order valence-electron chi connectivity index (χ3n) is 6.77. The number of quaternary nitrogens is 1. The summed E-state index contributed by atoms with van der Waals surface area (Å²) < 4.78 is 6.41. The van der Waals surface area contributed by atoms with Crippen LogP contribution in [0, 0.1) is 0 Å². The van der Waals surface area contributed by atoms with Gasteiger partial charge in [-0.3, -0.25) is 4.79 Å². The maximum absolute atomic E-state index is 12.8. The van der Waals surface area contributed by atoms with Crippen LogP contribution in [0.25, 0.3) is 0 Å². The van der Waals surface area contributed by atoms with Crippen molar-refractivity contribution in [1.29, 1.82) is 0 Å². The lowest BCUT2D eigenvalue weighted by Crippen LogP contribution is -2.60. The van der Waals surface area contributed by atoms with Crippen LogP contribution in [-0.4, -0.2) is 53.1 Å². The number of hydrogen-bond acceptors (Lipinski definition) is 4. The number of nitrogens with zero attached hydrogens (tertiary/aromatic N) is 1. The van der Waals surface area contributed by atoms with Crippen LogP contribution >= 0.6 is 0 Å². The molecule has 2 fully saturated rings. The Balaban J connectivity index is 1.40. The maximum atomic E-state index is 12.8. The minimum atomic E-state index is -1.25. The predicted molar refractivity (Wildman–Crippen MR) is 109 cm³/mol. The second-order valence-corrected chi connectivity index (χ2v) is 8.52. The van der Waals surface area contributed by atoms with Gasteiger partial charge in [-0.1, -0.05) is 60.7 Å². The van der Waals surface area contributed by atoms with Crippen LogP contribution in [0.1, 0.15) is 47.7 Å². The summed E-state index contributed by atoms with van der Waals surface area (Å²) in [5, 5.41) is 10.3. The highest BCUT2D eigenvalue weighted by molar-refractivity contribution is 5.97. The third kappa shape index (κ3) is 3.98. The Morgan fingerprint density at radius 3 is 2.14 bits per heavy atom. The number of carbonyl (C=O) groups excluding carboxylic acids is 2. The van der Waals surface area contributed by atoms with Gasteiger partial charge in [-0.15, -0.1) is 0 Å². The zero-order chi connectivity index (χ0) is 20.4. The molecule has 29 heavy (non-hydrogen) atoms. The van der Waals surface area contributed by atoms with E-state index in [2.05, 4.69) is 7.05 Å². The highest BCUT2D eigenvalue weighted by Gasteiger charge is 2.53. The van der Waals surface area contributed by atoms with Gasteiger partial charge in [-0.05, 0) is 5.56 Å². The molecule has 2 bridgehead atoms. The number of hydrogen-bond donors (Lipinski definition) is 1. The van der Waals surface area contributed by atoms with Crippen molar-refractivity contribution in [1.82, 2.24) is 0 Å². The molecule has 2 unspecified atom stereocenters. The fourth-order valence-electron chi connectivity index (χ4n) is 5.07. The zero-order valence-corrected chi connectivity index (χ0v) is 16.7. The van der Waals surface area contributed by atoms with Crippen molar-refractivity contribution in [2.24, 2.45) is 0 Å². The van der Waals surface area contributed by atoms with E-state index in [9.17, 15) is 14.7 Å². The number of rotatable bonds is 6. The molecule has 0 amide bonds. The van der Waals surface area contributed by atoms with Crippen molar-refractivity contribution >= 4 is 11.8 Å². The lowest BCUT2D eigenvalue weighted by molar-refractivity contribution is -0.941. The monoisotopic (exact) mass is 394 g/mol. The van der Waals surface area contributed by atoms with Crippen LogP contribution in [0.15, 0.2) is 60.7 Å². The van der Waals surface area contributed by atoms with Gasteiger partial charge in [0, 0.05) is 31.2 Å². The Morgan fingerprint density at radius 2 is 1.55 bits per heavy atom. The molecule has 5 atom stereocenters. The van der Waals surface area contributed by atoms with Crippen LogP contribution < -0.4 is 0 Å². The number of esters is 1. The molecule has 0 aromatic heterocycles. The van der Waals surface area contributed by atoms with Gasteiger partial charge in [-0.25, -0.2) is 4.79 Å². The average molecular weight is 394 g/mol. The molecule has 2 aliphatic rings. The fourth-order valence-corrected chi connectivity index (χ4v) is 5.07. The Bertz CT molecular complexity index is 853. The number of carbonyl (C=O) groups is 2. The number of aliphatic hydroxyl groups excluding tert-OH is 1. The van der Waals surface area contributed by atoms with E-state index in [1.54, 1.807) is 24.3 Å².